The molecular formula is C21H32O. The molecule has 0 aromatic heterocycles. The van der Waals surface area contributed by atoms with E-state index >= 15 is 0 Å². The molecular weight excluding hydrogens is 268 g/mol. The molecule has 0 heterocycles. The summed E-state index contributed by atoms with van der Waals surface area (Å²) in [6, 6.07) is 0. The van der Waals surface area contributed by atoms with Crippen LogP contribution in [0.15, 0.2) is 11.6 Å². The van der Waals surface area contributed by atoms with Gasteiger partial charge in [-0.1, -0.05) is 45.8 Å². The SMILES string of the molecule is CC1(C)CCC[C@]2(C)[C@H]3CC[C@]4(C)CC(=O)C[C@@H]4C3=CC[C@@H]12. The monoisotopic (exact) mass is 300 g/mol. The second-order valence-electron chi connectivity index (χ2n) is 10.1. The van der Waals surface area contributed by atoms with Gasteiger partial charge in [0.1, 0.15) is 5.78 Å². The second-order valence-corrected chi connectivity index (χ2v) is 10.1. The number of allylic oxidation sites excluding steroid dienone is 2. The van der Waals surface area contributed by atoms with Crippen LogP contribution in [0.4, 0.5) is 0 Å². The Morgan fingerprint density at radius 1 is 1.05 bits per heavy atom. The van der Waals surface area contributed by atoms with Gasteiger partial charge in [-0.05, 0) is 66.1 Å². The van der Waals surface area contributed by atoms with Gasteiger partial charge in [0.25, 0.3) is 0 Å². The van der Waals surface area contributed by atoms with Gasteiger partial charge >= 0.3 is 0 Å². The summed E-state index contributed by atoms with van der Waals surface area (Å²) in [6.45, 7) is 9.98. The van der Waals surface area contributed by atoms with Gasteiger partial charge < -0.3 is 0 Å². The maximum atomic E-state index is 12.1. The smallest absolute Gasteiger partial charge is 0.134 e. The van der Waals surface area contributed by atoms with E-state index in [1.165, 1.54) is 38.5 Å². The Morgan fingerprint density at radius 2 is 1.82 bits per heavy atom. The maximum Gasteiger partial charge on any atom is 0.134 e. The molecule has 0 aromatic carbocycles. The van der Waals surface area contributed by atoms with Gasteiger partial charge in [0.2, 0.25) is 0 Å². The third-order valence-electron chi connectivity index (χ3n) is 8.34. The molecule has 0 unspecified atom stereocenters. The van der Waals surface area contributed by atoms with Crippen LogP contribution in [0.2, 0.25) is 0 Å². The number of carbonyl (C=O) groups is 1. The predicted molar refractivity (Wildman–Crippen MR) is 90.5 cm³/mol. The lowest BCUT2D eigenvalue weighted by Gasteiger charge is -2.60. The highest BCUT2D eigenvalue weighted by atomic mass is 16.1. The van der Waals surface area contributed by atoms with Crippen molar-refractivity contribution in [1.29, 1.82) is 0 Å². The Balaban J connectivity index is 1.74. The van der Waals surface area contributed by atoms with Gasteiger partial charge in [0.15, 0.2) is 0 Å². The lowest BCUT2D eigenvalue weighted by Crippen LogP contribution is -2.51. The van der Waals surface area contributed by atoms with Crippen molar-refractivity contribution in [2.75, 3.05) is 0 Å². The Hall–Kier alpha value is -0.590. The molecule has 1 heteroatoms. The number of rotatable bonds is 0. The molecule has 0 amide bonds. The van der Waals surface area contributed by atoms with Gasteiger partial charge in [0.05, 0.1) is 0 Å². The zero-order chi connectivity index (χ0) is 15.8. The van der Waals surface area contributed by atoms with Crippen LogP contribution in [-0.4, -0.2) is 5.78 Å². The van der Waals surface area contributed by atoms with Gasteiger partial charge in [-0.15, -0.1) is 0 Å². The highest BCUT2D eigenvalue weighted by molar-refractivity contribution is 5.82. The molecule has 122 valence electrons. The number of hydrogen-bond donors (Lipinski definition) is 0. The topological polar surface area (TPSA) is 17.1 Å². The van der Waals surface area contributed by atoms with Crippen molar-refractivity contribution in [2.24, 2.45) is 34.0 Å². The molecule has 0 aromatic rings. The van der Waals surface area contributed by atoms with Crippen molar-refractivity contribution in [3.63, 3.8) is 0 Å². The molecule has 0 saturated heterocycles. The van der Waals surface area contributed by atoms with Gasteiger partial charge in [0, 0.05) is 12.8 Å². The molecule has 3 fully saturated rings. The Labute approximate surface area is 135 Å². The molecule has 0 spiro atoms. The number of ketones is 1. The third-order valence-corrected chi connectivity index (χ3v) is 8.34. The van der Waals surface area contributed by atoms with Crippen molar-refractivity contribution in [2.45, 2.75) is 79.1 Å². The minimum atomic E-state index is 0.285. The molecule has 4 rings (SSSR count). The minimum Gasteiger partial charge on any atom is -0.300 e. The first-order chi connectivity index (χ1) is 10.3. The second kappa shape index (κ2) is 4.48. The largest absolute Gasteiger partial charge is 0.300 e. The molecule has 0 aliphatic heterocycles. The molecule has 4 aliphatic carbocycles. The van der Waals surface area contributed by atoms with Gasteiger partial charge in [-0.25, -0.2) is 0 Å². The predicted octanol–water partition coefficient (Wildman–Crippen LogP) is 5.54. The fraction of sp³-hybridized carbons (Fsp3) is 0.857. The molecule has 0 bridgehead atoms. The van der Waals surface area contributed by atoms with E-state index in [0.29, 0.717) is 22.5 Å². The summed E-state index contributed by atoms with van der Waals surface area (Å²) in [7, 11) is 0. The average molecular weight is 300 g/mol. The summed E-state index contributed by atoms with van der Waals surface area (Å²) in [6.07, 6.45) is 12.3. The zero-order valence-corrected chi connectivity index (χ0v) is 14.9. The number of hydrogen-bond acceptors (Lipinski definition) is 1. The molecule has 3 saturated carbocycles. The van der Waals surface area contributed by atoms with E-state index in [-0.39, 0.29) is 5.41 Å². The quantitative estimate of drug-likeness (QED) is 0.536. The summed E-state index contributed by atoms with van der Waals surface area (Å²) in [4.78, 5) is 12.1. The Bertz CT molecular complexity index is 542. The summed E-state index contributed by atoms with van der Waals surface area (Å²) < 4.78 is 0. The maximum absolute atomic E-state index is 12.1. The third kappa shape index (κ3) is 1.86. The minimum absolute atomic E-state index is 0.285. The van der Waals surface area contributed by atoms with Gasteiger partial charge in [-0.3, -0.25) is 4.79 Å². The Morgan fingerprint density at radius 3 is 2.59 bits per heavy atom. The molecule has 5 atom stereocenters. The zero-order valence-electron chi connectivity index (χ0n) is 14.9. The van der Waals surface area contributed by atoms with Crippen molar-refractivity contribution >= 4 is 5.78 Å². The summed E-state index contributed by atoms with van der Waals surface area (Å²) in [5, 5.41) is 0. The van der Waals surface area contributed by atoms with Crippen molar-refractivity contribution in [3.8, 4) is 0 Å². The fourth-order valence-electron chi connectivity index (χ4n) is 7.21. The first-order valence-electron chi connectivity index (χ1n) is 9.48. The van der Waals surface area contributed by atoms with Crippen LogP contribution in [-0.2, 0) is 4.79 Å². The fourth-order valence-corrected chi connectivity index (χ4v) is 7.21. The number of Topliss-reactive ketones (excluding diaryl/α,β-unsaturated/α-hetero) is 1. The lowest BCUT2D eigenvalue weighted by molar-refractivity contribution is -0.118. The standard InChI is InChI=1S/C21H32O/c1-19(2)9-5-10-21(4)16-8-11-20(3)13-14(22)12-17(20)15(16)6-7-18(19)21/h6,16-18H,5,7-13H2,1-4H3/t16-,17+,18-,20+,21+/m0/s1. The summed E-state index contributed by atoms with van der Waals surface area (Å²) in [5.74, 6) is 2.69. The van der Waals surface area contributed by atoms with Crippen molar-refractivity contribution < 1.29 is 4.79 Å². The first-order valence-corrected chi connectivity index (χ1v) is 9.48. The average Bonchev–Trinajstić information content (AvgIpc) is 2.72. The van der Waals surface area contributed by atoms with Crippen LogP contribution >= 0.6 is 0 Å². The van der Waals surface area contributed by atoms with Crippen LogP contribution < -0.4 is 0 Å². The van der Waals surface area contributed by atoms with E-state index < -0.39 is 0 Å². The van der Waals surface area contributed by atoms with Crippen LogP contribution in [0.25, 0.3) is 0 Å². The van der Waals surface area contributed by atoms with Crippen LogP contribution in [0.3, 0.4) is 0 Å². The lowest BCUT2D eigenvalue weighted by atomic mass is 9.44. The highest BCUT2D eigenvalue weighted by Crippen LogP contribution is 2.66. The van der Waals surface area contributed by atoms with Gasteiger partial charge in [-0.2, -0.15) is 0 Å². The van der Waals surface area contributed by atoms with E-state index in [1.54, 1.807) is 5.57 Å². The van der Waals surface area contributed by atoms with Crippen molar-refractivity contribution in [1.82, 2.24) is 0 Å². The summed E-state index contributed by atoms with van der Waals surface area (Å²) >= 11 is 0. The Kier molecular flexibility index (Phi) is 3.05. The van der Waals surface area contributed by atoms with E-state index in [1.807, 2.05) is 0 Å². The van der Waals surface area contributed by atoms with Crippen LogP contribution in [0, 0.1) is 34.0 Å². The van der Waals surface area contributed by atoms with E-state index in [4.69, 9.17) is 0 Å². The highest BCUT2D eigenvalue weighted by Gasteiger charge is 2.58. The molecule has 22 heavy (non-hydrogen) atoms. The van der Waals surface area contributed by atoms with Crippen LogP contribution in [0.5, 0.6) is 0 Å². The molecule has 4 aliphatic rings. The molecule has 0 N–H and O–H groups in total. The number of fused-ring (bicyclic) bond motifs is 5. The number of carbonyl (C=O) groups excluding carboxylic acids is 1. The summed E-state index contributed by atoms with van der Waals surface area (Å²) in [5.41, 5.74) is 2.96. The first kappa shape index (κ1) is 15.0. The van der Waals surface area contributed by atoms with E-state index in [0.717, 1.165) is 24.7 Å². The molecule has 0 radical (unpaired) electrons. The van der Waals surface area contributed by atoms with Crippen LogP contribution in [0.1, 0.15) is 79.1 Å². The molecule has 1 nitrogen and oxygen atoms in total. The van der Waals surface area contributed by atoms with E-state index in [2.05, 4.69) is 33.8 Å². The van der Waals surface area contributed by atoms with Crippen molar-refractivity contribution in [3.05, 3.63) is 11.6 Å². The normalized spacial score (nSPS) is 49.9. The van der Waals surface area contributed by atoms with E-state index in [9.17, 15) is 4.79 Å².